The first-order valence-corrected chi connectivity index (χ1v) is 9.67. The lowest BCUT2D eigenvalue weighted by atomic mass is 9.89. The van der Waals surface area contributed by atoms with Gasteiger partial charge in [-0.3, -0.25) is 4.79 Å². The molecular formula is C24H19F4NO. The molecular weight excluding hydrogens is 394 g/mol. The number of halogens is 4. The molecule has 3 aromatic carbocycles. The van der Waals surface area contributed by atoms with E-state index < -0.39 is 17.7 Å². The number of alkyl halides is 3. The average molecular weight is 413 g/mol. The molecule has 6 heteroatoms. The number of piperidine rings is 1. The van der Waals surface area contributed by atoms with E-state index in [9.17, 15) is 22.4 Å². The highest BCUT2D eigenvalue weighted by Crippen LogP contribution is 2.34. The summed E-state index contributed by atoms with van der Waals surface area (Å²) >= 11 is 0. The van der Waals surface area contributed by atoms with Gasteiger partial charge in [0.05, 0.1) is 11.5 Å². The zero-order valence-electron chi connectivity index (χ0n) is 16.0. The summed E-state index contributed by atoms with van der Waals surface area (Å²) in [6.45, 7) is 0.561. The van der Waals surface area contributed by atoms with E-state index in [4.69, 9.17) is 0 Å². The van der Waals surface area contributed by atoms with Crippen molar-refractivity contribution in [2.24, 2.45) is 0 Å². The van der Waals surface area contributed by atoms with Gasteiger partial charge in [0.15, 0.2) is 0 Å². The summed E-state index contributed by atoms with van der Waals surface area (Å²) in [5.74, 6) is -0.878. The SMILES string of the molecule is O=C1C(c2ccc(C(F)(F)F)cc2)CCCN1c1ccc(-c2ccc(F)cc2)cc1. The second-order valence-corrected chi connectivity index (χ2v) is 7.36. The first-order chi connectivity index (χ1) is 14.3. The molecule has 1 saturated heterocycles. The summed E-state index contributed by atoms with van der Waals surface area (Å²) < 4.78 is 51.5. The van der Waals surface area contributed by atoms with Crippen LogP contribution in [0.25, 0.3) is 11.1 Å². The Morgan fingerprint density at radius 2 is 1.37 bits per heavy atom. The molecule has 0 radical (unpaired) electrons. The van der Waals surface area contributed by atoms with Crippen LogP contribution in [0.2, 0.25) is 0 Å². The number of hydrogen-bond acceptors (Lipinski definition) is 1. The predicted octanol–water partition coefficient (Wildman–Crippen LogP) is 6.42. The van der Waals surface area contributed by atoms with Gasteiger partial charge < -0.3 is 4.90 Å². The predicted molar refractivity (Wildman–Crippen MR) is 108 cm³/mol. The summed E-state index contributed by atoms with van der Waals surface area (Å²) in [7, 11) is 0. The van der Waals surface area contributed by atoms with Gasteiger partial charge in [0, 0.05) is 12.2 Å². The molecule has 0 saturated carbocycles. The number of hydrogen-bond donors (Lipinski definition) is 0. The molecule has 1 fully saturated rings. The summed E-state index contributed by atoms with van der Waals surface area (Å²) in [6, 6.07) is 18.4. The number of amides is 1. The summed E-state index contributed by atoms with van der Waals surface area (Å²) in [5.41, 5.74) is 2.39. The molecule has 0 N–H and O–H groups in total. The number of rotatable bonds is 3. The Labute approximate surface area is 171 Å². The minimum absolute atomic E-state index is 0.115. The van der Waals surface area contributed by atoms with Crippen LogP contribution < -0.4 is 4.90 Å². The molecule has 30 heavy (non-hydrogen) atoms. The molecule has 1 amide bonds. The highest BCUT2D eigenvalue weighted by Gasteiger charge is 2.33. The van der Waals surface area contributed by atoms with Crippen LogP contribution in [0.15, 0.2) is 72.8 Å². The van der Waals surface area contributed by atoms with Crippen molar-refractivity contribution in [2.75, 3.05) is 11.4 Å². The molecule has 1 unspecified atom stereocenters. The van der Waals surface area contributed by atoms with Crippen molar-refractivity contribution < 1.29 is 22.4 Å². The summed E-state index contributed by atoms with van der Waals surface area (Å²) in [5, 5.41) is 0. The number of nitrogens with zero attached hydrogens (tertiary/aromatic N) is 1. The Kier molecular flexibility index (Phi) is 5.33. The zero-order valence-corrected chi connectivity index (χ0v) is 16.0. The standard InChI is InChI=1S/C24H19F4NO/c25-20-11-5-16(6-12-20)17-7-13-21(14-8-17)29-15-1-2-22(23(29)30)18-3-9-19(10-4-18)24(26,27)28/h3-14,22H,1-2,15H2. The van der Waals surface area contributed by atoms with Gasteiger partial charge in [0.25, 0.3) is 0 Å². The van der Waals surface area contributed by atoms with Gasteiger partial charge in [-0.2, -0.15) is 13.2 Å². The van der Waals surface area contributed by atoms with Crippen LogP contribution >= 0.6 is 0 Å². The van der Waals surface area contributed by atoms with E-state index >= 15 is 0 Å². The lowest BCUT2D eigenvalue weighted by Gasteiger charge is -2.32. The molecule has 3 aromatic rings. The Morgan fingerprint density at radius 1 is 0.800 bits per heavy atom. The van der Waals surface area contributed by atoms with Crippen LogP contribution in [0.3, 0.4) is 0 Å². The fraction of sp³-hybridized carbons (Fsp3) is 0.208. The van der Waals surface area contributed by atoms with E-state index in [1.165, 1.54) is 24.3 Å². The van der Waals surface area contributed by atoms with E-state index in [1.807, 2.05) is 24.3 Å². The molecule has 2 nitrogen and oxygen atoms in total. The molecule has 1 atom stereocenters. The number of benzene rings is 3. The maximum absolute atomic E-state index is 13.1. The first kappa shape index (κ1) is 20.1. The summed E-state index contributed by atoms with van der Waals surface area (Å²) in [6.07, 6.45) is -3.03. The Hall–Kier alpha value is -3.15. The zero-order chi connectivity index (χ0) is 21.3. The molecule has 154 valence electrons. The topological polar surface area (TPSA) is 20.3 Å². The molecule has 1 aliphatic rings. The molecule has 0 aromatic heterocycles. The van der Waals surface area contributed by atoms with Gasteiger partial charge in [-0.15, -0.1) is 0 Å². The van der Waals surface area contributed by atoms with Crippen molar-refractivity contribution >= 4 is 11.6 Å². The molecule has 0 bridgehead atoms. The Bertz CT molecular complexity index is 1020. The van der Waals surface area contributed by atoms with Crippen LogP contribution in [0, 0.1) is 5.82 Å². The van der Waals surface area contributed by atoms with Gasteiger partial charge >= 0.3 is 6.18 Å². The van der Waals surface area contributed by atoms with Gasteiger partial charge in [-0.25, -0.2) is 4.39 Å². The van der Waals surface area contributed by atoms with Crippen LogP contribution in [-0.2, 0) is 11.0 Å². The van der Waals surface area contributed by atoms with Crippen molar-refractivity contribution in [3.05, 3.63) is 89.7 Å². The average Bonchev–Trinajstić information content (AvgIpc) is 2.74. The van der Waals surface area contributed by atoms with E-state index in [1.54, 1.807) is 17.0 Å². The van der Waals surface area contributed by atoms with Crippen LogP contribution in [0.4, 0.5) is 23.2 Å². The quantitative estimate of drug-likeness (QED) is 0.454. The van der Waals surface area contributed by atoms with E-state index in [-0.39, 0.29) is 11.7 Å². The van der Waals surface area contributed by atoms with Crippen LogP contribution in [-0.4, -0.2) is 12.5 Å². The molecule has 1 heterocycles. The van der Waals surface area contributed by atoms with Crippen molar-refractivity contribution in [3.8, 4) is 11.1 Å². The third-order valence-corrected chi connectivity index (χ3v) is 5.44. The maximum atomic E-state index is 13.1. The minimum Gasteiger partial charge on any atom is -0.312 e. The lowest BCUT2D eigenvalue weighted by Crippen LogP contribution is -2.40. The second kappa shape index (κ2) is 7.94. The lowest BCUT2D eigenvalue weighted by molar-refractivity contribution is -0.137. The van der Waals surface area contributed by atoms with Gasteiger partial charge in [0.1, 0.15) is 5.82 Å². The number of anilines is 1. The fourth-order valence-electron chi connectivity index (χ4n) is 3.82. The third-order valence-electron chi connectivity index (χ3n) is 5.44. The van der Waals surface area contributed by atoms with Crippen molar-refractivity contribution in [1.82, 2.24) is 0 Å². The normalized spacial score (nSPS) is 17.3. The minimum atomic E-state index is -4.40. The van der Waals surface area contributed by atoms with Crippen molar-refractivity contribution in [3.63, 3.8) is 0 Å². The molecule has 1 aliphatic heterocycles. The van der Waals surface area contributed by atoms with Gasteiger partial charge in [0.2, 0.25) is 5.91 Å². The van der Waals surface area contributed by atoms with E-state index in [2.05, 4.69) is 0 Å². The van der Waals surface area contributed by atoms with Gasteiger partial charge in [-0.05, 0) is 65.9 Å². The van der Waals surface area contributed by atoms with E-state index in [0.29, 0.717) is 18.5 Å². The Morgan fingerprint density at radius 3 is 1.93 bits per heavy atom. The highest BCUT2D eigenvalue weighted by molar-refractivity contribution is 5.99. The highest BCUT2D eigenvalue weighted by atomic mass is 19.4. The maximum Gasteiger partial charge on any atom is 0.416 e. The monoisotopic (exact) mass is 413 g/mol. The first-order valence-electron chi connectivity index (χ1n) is 9.67. The van der Waals surface area contributed by atoms with E-state index in [0.717, 1.165) is 35.4 Å². The van der Waals surface area contributed by atoms with Crippen LogP contribution in [0.5, 0.6) is 0 Å². The largest absolute Gasteiger partial charge is 0.416 e. The number of carbonyl (C=O) groups excluding carboxylic acids is 1. The van der Waals surface area contributed by atoms with Crippen molar-refractivity contribution in [2.45, 2.75) is 24.9 Å². The molecule has 0 aliphatic carbocycles. The number of carbonyl (C=O) groups is 1. The van der Waals surface area contributed by atoms with Crippen LogP contribution in [0.1, 0.15) is 29.9 Å². The smallest absolute Gasteiger partial charge is 0.312 e. The summed E-state index contributed by atoms with van der Waals surface area (Å²) in [4.78, 5) is 14.7. The molecule has 4 rings (SSSR count). The van der Waals surface area contributed by atoms with Gasteiger partial charge in [-0.1, -0.05) is 36.4 Å². The van der Waals surface area contributed by atoms with Crippen molar-refractivity contribution in [1.29, 1.82) is 0 Å². The molecule has 0 spiro atoms. The fourth-order valence-corrected chi connectivity index (χ4v) is 3.82. The third kappa shape index (κ3) is 4.08. The Balaban J connectivity index is 1.53. The second-order valence-electron chi connectivity index (χ2n) is 7.36.